The Bertz CT molecular complexity index is 1640. The number of hydrogen-bond donors (Lipinski definition) is 8. The lowest BCUT2D eigenvalue weighted by molar-refractivity contribution is 0.0206. The second-order valence-electron chi connectivity index (χ2n) is 34.6. The number of unbranched alkanes of at least 4 members (excludes halogenated alkanes) is 6. The topological polar surface area (TPSA) is 162 Å². The van der Waals surface area contributed by atoms with Crippen molar-refractivity contribution in [2.75, 3.05) is 0 Å². The summed E-state index contributed by atoms with van der Waals surface area (Å²) >= 11 is 0. The van der Waals surface area contributed by atoms with E-state index in [0.717, 1.165) is 129 Å². The Hall–Kier alpha value is -0.320. The molecule has 0 spiro atoms. The van der Waals surface area contributed by atoms with Gasteiger partial charge in [0.15, 0.2) is 0 Å². The molecule has 8 saturated carbocycles. The third-order valence-electron chi connectivity index (χ3n) is 25.7. The Kier molecular flexibility index (Phi) is 54.8. The molecule has 8 fully saturated rings. The van der Waals surface area contributed by atoms with E-state index in [0.29, 0.717) is 35.5 Å². The quantitative estimate of drug-likeness (QED) is 0.0531. The van der Waals surface area contributed by atoms with Gasteiger partial charge in [-0.05, 0) is 248 Å². The fraction of sp³-hybridized carbons (Fsp3) is 1.00. The molecule has 8 heteroatoms. The fourth-order valence-corrected chi connectivity index (χ4v) is 18.5. The lowest BCUT2D eigenvalue weighted by Gasteiger charge is -2.36. The molecule has 0 aromatic heterocycles. The summed E-state index contributed by atoms with van der Waals surface area (Å²) in [5.74, 6) is 12.2. The highest BCUT2D eigenvalue weighted by Gasteiger charge is 2.34. The summed E-state index contributed by atoms with van der Waals surface area (Å²) in [6.07, 6.45) is 55.1. The normalized spacial score (nSPS) is 37.4. The molecule has 0 radical (unpaired) electrons. The maximum absolute atomic E-state index is 9.86. The fourth-order valence-electron chi connectivity index (χ4n) is 18.5. The van der Waals surface area contributed by atoms with Gasteiger partial charge in [-0.3, -0.25) is 0 Å². The molecular formula is C87H174O8. The molecule has 25 unspecified atom stereocenters. The van der Waals surface area contributed by atoms with Gasteiger partial charge in [-0.1, -0.05) is 259 Å². The van der Waals surface area contributed by atoms with Crippen molar-refractivity contribution in [3.63, 3.8) is 0 Å². The summed E-state index contributed by atoms with van der Waals surface area (Å²) in [5.41, 5.74) is 0. The average molecular weight is 1350 g/mol. The van der Waals surface area contributed by atoms with Crippen LogP contribution in [-0.4, -0.2) is 89.7 Å². The van der Waals surface area contributed by atoms with Gasteiger partial charge in [0.1, 0.15) is 0 Å². The minimum Gasteiger partial charge on any atom is -0.393 e. The molecule has 8 aliphatic carbocycles. The minimum atomic E-state index is -0.0299. The van der Waals surface area contributed by atoms with Crippen LogP contribution in [0.15, 0.2) is 0 Å². The molecule has 0 aliphatic heterocycles. The molecule has 0 bridgehead atoms. The van der Waals surface area contributed by atoms with E-state index in [9.17, 15) is 40.9 Å². The molecule has 570 valence electrons. The first-order chi connectivity index (χ1) is 45.3. The SMILES string of the molecule is CCC(C)C1CCCC(O)C1C.CCCC1CC(C)CCC1O.CCCCC1C(C)CCCC1O.CCCCC1CC(C)CC(O)C1.CCCCC1CC(O)CCC1C.CCCCC1CCC(C)CC1O.CCCCC1CCC(O)CC1C.CCCCC1CCCC(C)C1O. The van der Waals surface area contributed by atoms with Crippen molar-refractivity contribution in [1.82, 2.24) is 0 Å². The molecule has 8 rings (SSSR count). The van der Waals surface area contributed by atoms with Crippen LogP contribution in [0.1, 0.15) is 407 Å². The summed E-state index contributed by atoms with van der Waals surface area (Å²) in [6, 6.07) is 0. The van der Waals surface area contributed by atoms with E-state index in [2.05, 4.69) is 118 Å². The second kappa shape index (κ2) is 56.2. The summed E-state index contributed by atoms with van der Waals surface area (Å²) in [5, 5.41) is 77.2. The van der Waals surface area contributed by atoms with Crippen LogP contribution >= 0.6 is 0 Å². The van der Waals surface area contributed by atoms with Crippen molar-refractivity contribution in [3.8, 4) is 0 Å². The van der Waals surface area contributed by atoms with Gasteiger partial charge in [-0.25, -0.2) is 0 Å². The second-order valence-corrected chi connectivity index (χ2v) is 34.6. The summed E-state index contributed by atoms with van der Waals surface area (Å²) < 4.78 is 0. The molecule has 0 amide bonds. The molecule has 8 N–H and O–H groups in total. The van der Waals surface area contributed by atoms with Gasteiger partial charge in [0.05, 0.1) is 48.8 Å². The van der Waals surface area contributed by atoms with Crippen LogP contribution in [0, 0.1) is 101 Å². The molecule has 0 aromatic rings. The Balaban J connectivity index is 0.000000543. The van der Waals surface area contributed by atoms with E-state index in [4.69, 9.17) is 0 Å². The average Bonchev–Trinajstić information content (AvgIpc) is 1.35. The molecule has 95 heavy (non-hydrogen) atoms. The summed E-state index contributed by atoms with van der Waals surface area (Å²) in [7, 11) is 0. The summed E-state index contributed by atoms with van der Waals surface area (Å²) in [6.45, 7) is 38.3. The van der Waals surface area contributed by atoms with Gasteiger partial charge in [0.25, 0.3) is 0 Å². The molecule has 8 aliphatic rings. The van der Waals surface area contributed by atoms with Crippen molar-refractivity contribution >= 4 is 0 Å². The molecule has 0 heterocycles. The first-order valence-electron chi connectivity index (χ1n) is 42.8. The van der Waals surface area contributed by atoms with Gasteiger partial charge in [0.2, 0.25) is 0 Å². The third kappa shape index (κ3) is 40.9. The van der Waals surface area contributed by atoms with Crippen LogP contribution in [0.25, 0.3) is 0 Å². The van der Waals surface area contributed by atoms with Gasteiger partial charge in [-0.2, -0.15) is 0 Å². The van der Waals surface area contributed by atoms with Crippen LogP contribution < -0.4 is 0 Å². The molecule has 0 saturated heterocycles. The highest BCUT2D eigenvalue weighted by Crippen LogP contribution is 2.40. The highest BCUT2D eigenvalue weighted by molar-refractivity contribution is 4.85. The zero-order valence-electron chi connectivity index (χ0n) is 66.8. The monoisotopic (exact) mass is 1350 g/mol. The smallest absolute Gasteiger partial charge is 0.0593 e. The Labute approximate surface area is 593 Å². The number of aliphatic hydroxyl groups is 8. The minimum absolute atomic E-state index is 0.000278. The maximum atomic E-state index is 9.86. The number of hydrogen-bond acceptors (Lipinski definition) is 8. The highest BCUT2D eigenvalue weighted by atomic mass is 16.3. The Morgan fingerprint density at radius 3 is 1.38 bits per heavy atom. The third-order valence-corrected chi connectivity index (χ3v) is 25.7. The predicted octanol–water partition coefficient (Wildman–Crippen LogP) is 23.3. The van der Waals surface area contributed by atoms with Crippen molar-refractivity contribution in [2.45, 2.75) is 455 Å². The van der Waals surface area contributed by atoms with E-state index >= 15 is 0 Å². The lowest BCUT2D eigenvalue weighted by Crippen LogP contribution is -2.33. The Morgan fingerprint density at radius 1 is 0.295 bits per heavy atom. The maximum Gasteiger partial charge on any atom is 0.0593 e. The van der Waals surface area contributed by atoms with Crippen LogP contribution in [0.3, 0.4) is 0 Å². The van der Waals surface area contributed by atoms with Crippen molar-refractivity contribution < 1.29 is 40.9 Å². The van der Waals surface area contributed by atoms with Crippen LogP contribution in [0.4, 0.5) is 0 Å². The van der Waals surface area contributed by atoms with E-state index in [1.165, 1.54) is 225 Å². The molecule has 8 nitrogen and oxygen atoms in total. The standard InChI is InChI=1S/7C11H22O.C10H20O/c1-4-8(2)10-6-5-7-11(12)9(10)3;1-3-4-7-10-9(2)6-5-8-11(10)12;1-3-4-7-10-8-5-6-9(2)11(10)12;1-3-4-5-10-6-9(2)7-11(12)8-10;1-3-4-5-10-6-7-11(12)8-9(10)2;1-3-4-5-10-8-11(12)7-6-9(10)2;1-3-4-5-10-7-6-9(2)8-11(10)12;1-3-4-9-7-8(2)5-6-10(9)11/h8-12H,4-7H2,1-3H3;6*9-12H,3-8H2,1-2H3;8-11H,3-7H2,1-2H3. The predicted molar refractivity (Wildman–Crippen MR) is 412 cm³/mol. The van der Waals surface area contributed by atoms with Crippen LogP contribution in [-0.2, 0) is 0 Å². The van der Waals surface area contributed by atoms with Crippen molar-refractivity contribution in [3.05, 3.63) is 0 Å². The van der Waals surface area contributed by atoms with E-state index in [-0.39, 0.29) is 48.8 Å². The number of rotatable bonds is 22. The summed E-state index contributed by atoms with van der Waals surface area (Å²) in [4.78, 5) is 0. The zero-order chi connectivity index (χ0) is 71.3. The van der Waals surface area contributed by atoms with Gasteiger partial charge < -0.3 is 40.9 Å². The van der Waals surface area contributed by atoms with E-state index in [1.807, 2.05) is 0 Å². The van der Waals surface area contributed by atoms with E-state index in [1.54, 1.807) is 0 Å². The molecular weight excluding hydrogens is 1170 g/mol. The van der Waals surface area contributed by atoms with Gasteiger partial charge >= 0.3 is 0 Å². The van der Waals surface area contributed by atoms with Crippen LogP contribution in [0.2, 0.25) is 0 Å². The lowest BCUT2D eigenvalue weighted by atomic mass is 9.72. The first-order valence-corrected chi connectivity index (χ1v) is 42.8. The number of aliphatic hydroxyl groups excluding tert-OH is 8. The van der Waals surface area contributed by atoms with Crippen molar-refractivity contribution in [2.24, 2.45) is 101 Å². The first kappa shape index (κ1) is 92.7. The van der Waals surface area contributed by atoms with Gasteiger partial charge in [-0.15, -0.1) is 0 Å². The van der Waals surface area contributed by atoms with E-state index < -0.39 is 0 Å². The molecule has 0 aromatic carbocycles. The van der Waals surface area contributed by atoms with Crippen LogP contribution in [0.5, 0.6) is 0 Å². The van der Waals surface area contributed by atoms with Gasteiger partial charge in [0, 0.05) is 0 Å². The Morgan fingerprint density at radius 2 is 0.800 bits per heavy atom. The van der Waals surface area contributed by atoms with Crippen molar-refractivity contribution in [1.29, 1.82) is 0 Å². The molecule has 25 atom stereocenters. The largest absolute Gasteiger partial charge is 0.393 e. The zero-order valence-corrected chi connectivity index (χ0v) is 66.8.